The molecular weight excluding hydrogens is 338 g/mol. The summed E-state index contributed by atoms with van der Waals surface area (Å²) in [4.78, 5) is -0.310. The molecule has 1 atom stereocenters. The lowest BCUT2D eigenvalue weighted by molar-refractivity contribution is 0.410. The molecule has 0 bridgehead atoms. The van der Waals surface area contributed by atoms with Crippen molar-refractivity contribution in [3.63, 3.8) is 0 Å². The Labute approximate surface area is 123 Å². The van der Waals surface area contributed by atoms with Crippen molar-refractivity contribution in [2.24, 2.45) is 0 Å². The smallest absolute Gasteiger partial charge is 0.159 e. The van der Waals surface area contributed by atoms with Crippen LogP contribution in [0.4, 0.5) is 8.78 Å². The van der Waals surface area contributed by atoms with Gasteiger partial charge in [-0.15, -0.1) is 0 Å². The van der Waals surface area contributed by atoms with Gasteiger partial charge < -0.3 is 4.74 Å². The maximum absolute atomic E-state index is 13.3. The number of halogens is 4. The van der Waals surface area contributed by atoms with Gasteiger partial charge in [0.1, 0.15) is 5.75 Å². The molecule has 0 aliphatic heterocycles. The summed E-state index contributed by atoms with van der Waals surface area (Å²) in [5.41, 5.74) is 1.39. The Kier molecular flexibility index (Phi) is 4.42. The summed E-state index contributed by atoms with van der Waals surface area (Å²) in [6.07, 6.45) is 0. The van der Waals surface area contributed by atoms with Crippen LogP contribution in [-0.2, 0) is 0 Å². The topological polar surface area (TPSA) is 9.23 Å². The molecular formula is C14H10BrClF2O. The Morgan fingerprint density at radius 1 is 1.11 bits per heavy atom. The van der Waals surface area contributed by atoms with Crippen LogP contribution in [0.3, 0.4) is 0 Å². The summed E-state index contributed by atoms with van der Waals surface area (Å²) >= 11 is 9.34. The normalized spacial score (nSPS) is 12.3. The lowest BCUT2D eigenvalue weighted by Crippen LogP contribution is -1.98. The molecule has 0 spiro atoms. The minimum atomic E-state index is -0.880. The van der Waals surface area contributed by atoms with E-state index in [0.29, 0.717) is 16.3 Å². The number of alkyl halides is 1. The first-order valence-electron chi connectivity index (χ1n) is 5.45. The SMILES string of the molecule is COc1cc(Cl)ccc1C(Br)c1ccc(F)c(F)c1. The molecule has 19 heavy (non-hydrogen) atoms. The minimum Gasteiger partial charge on any atom is -0.496 e. The fourth-order valence-corrected chi connectivity index (χ4v) is 2.57. The van der Waals surface area contributed by atoms with E-state index in [1.165, 1.54) is 13.2 Å². The van der Waals surface area contributed by atoms with Gasteiger partial charge in [0.25, 0.3) is 0 Å². The van der Waals surface area contributed by atoms with Gasteiger partial charge in [-0.25, -0.2) is 8.78 Å². The molecule has 2 aromatic carbocycles. The summed E-state index contributed by atoms with van der Waals surface area (Å²) in [5, 5.41) is 0.547. The first kappa shape index (κ1) is 14.3. The van der Waals surface area contributed by atoms with Crippen LogP contribution >= 0.6 is 27.5 Å². The van der Waals surface area contributed by atoms with Crippen LogP contribution in [0.25, 0.3) is 0 Å². The van der Waals surface area contributed by atoms with Gasteiger partial charge >= 0.3 is 0 Å². The van der Waals surface area contributed by atoms with E-state index >= 15 is 0 Å². The van der Waals surface area contributed by atoms with Crippen molar-refractivity contribution in [3.05, 3.63) is 64.2 Å². The van der Waals surface area contributed by atoms with Crippen LogP contribution < -0.4 is 4.74 Å². The van der Waals surface area contributed by atoms with Gasteiger partial charge in [-0.1, -0.05) is 39.7 Å². The third kappa shape index (κ3) is 3.07. The molecule has 0 fully saturated rings. The van der Waals surface area contributed by atoms with Crippen molar-refractivity contribution in [2.45, 2.75) is 4.83 Å². The second-order valence-electron chi connectivity index (χ2n) is 3.92. The number of rotatable bonds is 3. The standard InChI is InChI=1S/C14H10BrClF2O/c1-19-13-7-9(16)3-4-10(13)14(15)8-2-5-11(17)12(18)6-8/h2-7,14H,1H3. The Bertz CT molecular complexity index is 604. The summed E-state index contributed by atoms with van der Waals surface area (Å²) in [6.45, 7) is 0. The van der Waals surface area contributed by atoms with E-state index in [2.05, 4.69) is 15.9 Å². The molecule has 0 saturated heterocycles. The third-order valence-electron chi connectivity index (χ3n) is 2.70. The fourth-order valence-electron chi connectivity index (χ4n) is 1.74. The number of hydrogen-bond donors (Lipinski definition) is 0. The molecule has 1 unspecified atom stereocenters. The van der Waals surface area contributed by atoms with E-state index in [9.17, 15) is 8.78 Å². The second kappa shape index (κ2) is 5.88. The molecule has 0 amide bonds. The van der Waals surface area contributed by atoms with Crippen LogP contribution in [0.2, 0.25) is 5.02 Å². The van der Waals surface area contributed by atoms with Crippen LogP contribution in [0.15, 0.2) is 36.4 Å². The van der Waals surface area contributed by atoms with Crippen molar-refractivity contribution in [3.8, 4) is 5.75 Å². The van der Waals surface area contributed by atoms with Gasteiger partial charge in [0, 0.05) is 10.6 Å². The maximum atomic E-state index is 13.3. The van der Waals surface area contributed by atoms with Gasteiger partial charge in [0.15, 0.2) is 11.6 Å². The van der Waals surface area contributed by atoms with Crippen molar-refractivity contribution >= 4 is 27.5 Å². The van der Waals surface area contributed by atoms with Crippen LogP contribution in [0, 0.1) is 11.6 Å². The monoisotopic (exact) mass is 346 g/mol. The maximum Gasteiger partial charge on any atom is 0.159 e. The summed E-state index contributed by atoms with van der Waals surface area (Å²) in [7, 11) is 1.53. The summed E-state index contributed by atoms with van der Waals surface area (Å²) in [5.74, 6) is -1.17. The highest BCUT2D eigenvalue weighted by molar-refractivity contribution is 9.09. The second-order valence-corrected chi connectivity index (χ2v) is 5.27. The quantitative estimate of drug-likeness (QED) is 0.701. The molecule has 0 radical (unpaired) electrons. The third-order valence-corrected chi connectivity index (χ3v) is 3.96. The Balaban J connectivity index is 2.43. The van der Waals surface area contributed by atoms with Crippen molar-refractivity contribution < 1.29 is 13.5 Å². The molecule has 2 rings (SSSR count). The highest BCUT2D eigenvalue weighted by Crippen LogP contribution is 2.38. The van der Waals surface area contributed by atoms with Gasteiger partial charge in [0.05, 0.1) is 11.9 Å². The first-order valence-corrected chi connectivity index (χ1v) is 6.74. The van der Waals surface area contributed by atoms with E-state index < -0.39 is 11.6 Å². The average molecular weight is 348 g/mol. The molecule has 0 N–H and O–H groups in total. The first-order chi connectivity index (χ1) is 9.02. The molecule has 0 aliphatic carbocycles. The largest absolute Gasteiger partial charge is 0.496 e. The zero-order chi connectivity index (χ0) is 14.0. The van der Waals surface area contributed by atoms with E-state index in [4.69, 9.17) is 16.3 Å². The Morgan fingerprint density at radius 3 is 2.47 bits per heavy atom. The summed E-state index contributed by atoms with van der Waals surface area (Å²) < 4.78 is 31.4. The van der Waals surface area contributed by atoms with Gasteiger partial charge in [-0.3, -0.25) is 0 Å². The molecule has 1 nitrogen and oxygen atoms in total. The van der Waals surface area contributed by atoms with Crippen LogP contribution in [-0.4, -0.2) is 7.11 Å². The van der Waals surface area contributed by atoms with E-state index in [-0.39, 0.29) is 4.83 Å². The average Bonchev–Trinajstić information content (AvgIpc) is 2.41. The molecule has 5 heteroatoms. The highest BCUT2D eigenvalue weighted by Gasteiger charge is 2.17. The molecule has 0 saturated carbocycles. The van der Waals surface area contributed by atoms with Crippen molar-refractivity contribution in [1.82, 2.24) is 0 Å². The molecule has 2 aromatic rings. The van der Waals surface area contributed by atoms with Crippen LogP contribution in [0.5, 0.6) is 5.75 Å². The number of ether oxygens (including phenoxy) is 1. The van der Waals surface area contributed by atoms with Crippen molar-refractivity contribution in [1.29, 1.82) is 0 Å². The van der Waals surface area contributed by atoms with E-state index in [0.717, 1.165) is 17.7 Å². The fraction of sp³-hybridized carbons (Fsp3) is 0.143. The Morgan fingerprint density at radius 2 is 1.84 bits per heavy atom. The van der Waals surface area contributed by atoms with Gasteiger partial charge in [0.2, 0.25) is 0 Å². The van der Waals surface area contributed by atoms with E-state index in [1.54, 1.807) is 18.2 Å². The molecule has 0 heterocycles. The molecule has 100 valence electrons. The van der Waals surface area contributed by atoms with E-state index in [1.807, 2.05) is 0 Å². The number of hydrogen-bond acceptors (Lipinski definition) is 1. The molecule has 0 aliphatic rings. The lowest BCUT2D eigenvalue weighted by Gasteiger charge is -2.15. The summed E-state index contributed by atoms with van der Waals surface area (Å²) in [6, 6.07) is 8.94. The number of methoxy groups -OCH3 is 1. The Hall–Kier alpha value is -1.13. The zero-order valence-corrected chi connectivity index (χ0v) is 12.3. The molecule has 0 aromatic heterocycles. The predicted octanol–water partition coefficient (Wildman–Crippen LogP) is 5.11. The lowest BCUT2D eigenvalue weighted by atomic mass is 10.0. The van der Waals surface area contributed by atoms with Gasteiger partial charge in [-0.05, 0) is 29.8 Å². The van der Waals surface area contributed by atoms with Gasteiger partial charge in [-0.2, -0.15) is 0 Å². The zero-order valence-electron chi connectivity index (χ0n) is 9.96. The highest BCUT2D eigenvalue weighted by atomic mass is 79.9. The number of benzene rings is 2. The minimum absolute atomic E-state index is 0.310. The predicted molar refractivity (Wildman–Crippen MR) is 75.1 cm³/mol. The van der Waals surface area contributed by atoms with Crippen molar-refractivity contribution in [2.75, 3.05) is 7.11 Å². The van der Waals surface area contributed by atoms with Crippen LogP contribution in [0.1, 0.15) is 16.0 Å².